The molecule has 1 N–H and O–H groups in total. The molecule has 0 radical (unpaired) electrons. The molecule has 4 heteroatoms. The van der Waals surface area contributed by atoms with Crippen molar-refractivity contribution in [1.29, 1.82) is 0 Å². The first-order valence-corrected chi connectivity index (χ1v) is 6.60. The van der Waals surface area contributed by atoms with Gasteiger partial charge in [0.15, 0.2) is 5.75 Å². The van der Waals surface area contributed by atoms with Gasteiger partial charge in [-0.1, -0.05) is 59.1 Å². The Morgan fingerprint density at radius 3 is 2.35 bits per heavy atom. The van der Waals surface area contributed by atoms with Gasteiger partial charge in [-0.3, -0.25) is 0 Å². The summed E-state index contributed by atoms with van der Waals surface area (Å²) >= 11 is 0. The first kappa shape index (κ1) is 20.0. The van der Waals surface area contributed by atoms with Crippen LogP contribution in [0.2, 0.25) is 0 Å². The van der Waals surface area contributed by atoms with E-state index >= 15 is 0 Å². The van der Waals surface area contributed by atoms with Gasteiger partial charge in [0, 0.05) is 0 Å². The fraction of sp³-hybridized carbons (Fsp3) is 0.250. The summed E-state index contributed by atoms with van der Waals surface area (Å²) < 4.78 is 5.43. The van der Waals surface area contributed by atoms with Gasteiger partial charge in [0.1, 0.15) is 5.76 Å². The molecule has 0 saturated carbocycles. The predicted octanol–water partition coefficient (Wildman–Crippen LogP) is 4.01. The third-order valence-corrected chi connectivity index (χ3v) is 1.56. The molecule has 20 heavy (non-hydrogen) atoms. The van der Waals surface area contributed by atoms with Crippen molar-refractivity contribution in [3.63, 3.8) is 0 Å². The van der Waals surface area contributed by atoms with Crippen LogP contribution in [0, 0.1) is 0 Å². The van der Waals surface area contributed by atoms with Gasteiger partial charge in [0.25, 0.3) is 0 Å². The molecule has 0 aliphatic rings. The molecule has 0 amide bonds. The summed E-state index contributed by atoms with van der Waals surface area (Å²) in [4.78, 5) is 16.7. The van der Waals surface area contributed by atoms with Crippen molar-refractivity contribution in [1.82, 2.24) is 9.97 Å². The Kier molecular flexibility index (Phi) is 14.7. The van der Waals surface area contributed by atoms with Crippen LogP contribution in [0.25, 0.3) is 0 Å². The first-order chi connectivity index (χ1) is 9.76. The molecule has 0 aliphatic heterocycles. The molecule has 4 nitrogen and oxygen atoms in total. The summed E-state index contributed by atoms with van der Waals surface area (Å²) in [7, 11) is 0. The second-order valence-corrected chi connectivity index (χ2v) is 2.76. The van der Waals surface area contributed by atoms with Gasteiger partial charge in [0.05, 0.1) is 12.4 Å². The maximum Gasteiger partial charge on any atom is 0.345 e. The van der Waals surface area contributed by atoms with Crippen LogP contribution in [0.4, 0.5) is 0 Å². The van der Waals surface area contributed by atoms with E-state index in [0.29, 0.717) is 11.5 Å². The van der Waals surface area contributed by atoms with Gasteiger partial charge < -0.3 is 9.72 Å². The number of nitrogens with zero attached hydrogens (tertiary/aromatic N) is 1. The minimum atomic E-state index is -0.414. The predicted molar refractivity (Wildman–Crippen MR) is 85.8 cm³/mol. The number of allylic oxidation sites excluding steroid dienone is 5. The van der Waals surface area contributed by atoms with E-state index in [4.69, 9.17) is 4.74 Å². The molecule has 0 bridgehead atoms. The van der Waals surface area contributed by atoms with Crippen molar-refractivity contribution >= 4 is 0 Å². The van der Waals surface area contributed by atoms with E-state index in [9.17, 15) is 4.79 Å². The topological polar surface area (TPSA) is 55.0 Å². The van der Waals surface area contributed by atoms with Crippen molar-refractivity contribution in [2.75, 3.05) is 0 Å². The Morgan fingerprint density at radius 1 is 1.25 bits per heavy atom. The molecule has 0 spiro atoms. The van der Waals surface area contributed by atoms with Crippen LogP contribution in [-0.2, 0) is 0 Å². The molecule has 0 unspecified atom stereocenters. The van der Waals surface area contributed by atoms with Crippen LogP contribution in [0.15, 0.2) is 66.5 Å². The third-order valence-electron chi connectivity index (χ3n) is 1.56. The van der Waals surface area contributed by atoms with E-state index < -0.39 is 5.69 Å². The summed E-state index contributed by atoms with van der Waals surface area (Å²) in [5, 5.41) is 0. The zero-order chi connectivity index (χ0) is 15.8. The average Bonchev–Trinajstić information content (AvgIpc) is 2.51. The molecule has 1 rings (SSSR count). The SMILES string of the molecule is C=C/C=C\C(=C/C=C)Oc1cnc(=O)[nH]c1.CC.CC. The quantitative estimate of drug-likeness (QED) is 0.653. The second-order valence-electron chi connectivity index (χ2n) is 2.76. The minimum Gasteiger partial charge on any atom is -0.454 e. The second kappa shape index (κ2) is 14.7. The third kappa shape index (κ3) is 9.65. The Morgan fingerprint density at radius 2 is 1.90 bits per heavy atom. The number of nitrogens with one attached hydrogen (secondary N) is 1. The molecular weight excluding hydrogens is 252 g/mol. The number of aromatic amines is 1. The number of ether oxygens (including phenoxy) is 1. The number of hydrogen-bond acceptors (Lipinski definition) is 3. The Labute approximate surface area is 121 Å². The molecule has 0 aromatic carbocycles. The molecule has 0 atom stereocenters. The molecule has 0 saturated heterocycles. The molecule has 1 aromatic rings. The van der Waals surface area contributed by atoms with E-state index in [2.05, 4.69) is 23.1 Å². The van der Waals surface area contributed by atoms with Crippen molar-refractivity contribution in [2.24, 2.45) is 0 Å². The maximum atomic E-state index is 10.7. The zero-order valence-electron chi connectivity index (χ0n) is 12.7. The summed E-state index contributed by atoms with van der Waals surface area (Å²) in [5.74, 6) is 1.02. The molecule has 1 aromatic heterocycles. The highest BCUT2D eigenvalue weighted by molar-refractivity contribution is 5.25. The number of rotatable bonds is 5. The van der Waals surface area contributed by atoms with Crippen LogP contribution >= 0.6 is 0 Å². The van der Waals surface area contributed by atoms with Crippen LogP contribution in [-0.4, -0.2) is 9.97 Å². The Balaban J connectivity index is 0. The van der Waals surface area contributed by atoms with Crippen molar-refractivity contribution < 1.29 is 4.74 Å². The van der Waals surface area contributed by atoms with Crippen LogP contribution < -0.4 is 10.4 Å². The average molecular weight is 276 g/mol. The first-order valence-electron chi connectivity index (χ1n) is 6.60. The zero-order valence-corrected chi connectivity index (χ0v) is 12.7. The largest absolute Gasteiger partial charge is 0.454 e. The lowest BCUT2D eigenvalue weighted by Gasteiger charge is -2.04. The Bertz CT molecular complexity index is 465. The lowest BCUT2D eigenvalue weighted by Crippen LogP contribution is -2.08. The molecule has 0 fully saturated rings. The highest BCUT2D eigenvalue weighted by Crippen LogP contribution is 2.10. The lowest BCUT2D eigenvalue weighted by atomic mass is 10.3. The van der Waals surface area contributed by atoms with Gasteiger partial charge in [-0.25, -0.2) is 4.79 Å². The van der Waals surface area contributed by atoms with Crippen LogP contribution in [0.1, 0.15) is 27.7 Å². The summed E-state index contributed by atoms with van der Waals surface area (Å²) in [6.07, 6.45) is 11.2. The van der Waals surface area contributed by atoms with Crippen molar-refractivity contribution in [2.45, 2.75) is 27.7 Å². The van der Waals surface area contributed by atoms with E-state index in [-0.39, 0.29) is 0 Å². The van der Waals surface area contributed by atoms with Gasteiger partial charge in [-0.05, 0) is 12.2 Å². The smallest absolute Gasteiger partial charge is 0.345 e. The number of aromatic nitrogens is 2. The van der Waals surface area contributed by atoms with Crippen LogP contribution in [0.5, 0.6) is 5.75 Å². The standard InChI is InChI=1S/C12H12N2O2.2C2H6/c1-3-5-7-10(6-4-2)16-11-8-13-12(15)14-9-11;2*1-2/h3-9H,1-2H2,(H,13,14,15);2*1-2H3/b7-5-,10-6+;;. The lowest BCUT2D eigenvalue weighted by molar-refractivity contribution is 0.439. The minimum absolute atomic E-state index is 0.414. The normalized spacial score (nSPS) is 9.70. The molecule has 1 heterocycles. The maximum absolute atomic E-state index is 10.7. The number of H-pyrrole nitrogens is 1. The summed E-state index contributed by atoms with van der Waals surface area (Å²) in [6, 6.07) is 0. The molecule has 110 valence electrons. The van der Waals surface area contributed by atoms with Gasteiger partial charge in [-0.15, -0.1) is 0 Å². The van der Waals surface area contributed by atoms with E-state index in [1.165, 1.54) is 12.4 Å². The Hall–Kier alpha value is -2.36. The van der Waals surface area contributed by atoms with Crippen molar-refractivity contribution in [3.8, 4) is 5.75 Å². The van der Waals surface area contributed by atoms with Gasteiger partial charge in [-0.2, -0.15) is 4.98 Å². The van der Waals surface area contributed by atoms with Gasteiger partial charge >= 0.3 is 5.69 Å². The van der Waals surface area contributed by atoms with Gasteiger partial charge in [0.2, 0.25) is 0 Å². The monoisotopic (exact) mass is 276 g/mol. The molecule has 0 aliphatic carbocycles. The number of hydrogen-bond donors (Lipinski definition) is 1. The highest BCUT2D eigenvalue weighted by atomic mass is 16.5. The fourth-order valence-electron chi connectivity index (χ4n) is 0.924. The van der Waals surface area contributed by atoms with E-state index in [1.807, 2.05) is 27.7 Å². The molecular formula is C16H24N2O2. The van der Waals surface area contributed by atoms with Crippen molar-refractivity contribution in [3.05, 3.63) is 72.2 Å². The van der Waals surface area contributed by atoms with Crippen LogP contribution in [0.3, 0.4) is 0 Å². The fourth-order valence-corrected chi connectivity index (χ4v) is 0.924. The highest BCUT2D eigenvalue weighted by Gasteiger charge is 1.96. The van der Waals surface area contributed by atoms with E-state index in [1.54, 1.807) is 30.4 Å². The summed E-state index contributed by atoms with van der Waals surface area (Å²) in [5.41, 5.74) is -0.414. The summed E-state index contributed by atoms with van der Waals surface area (Å²) in [6.45, 7) is 15.1. The van der Waals surface area contributed by atoms with E-state index in [0.717, 1.165) is 0 Å².